The highest BCUT2D eigenvalue weighted by Gasteiger charge is 2.70. The summed E-state index contributed by atoms with van der Waals surface area (Å²) in [4.78, 5) is 24.8. The Bertz CT molecular complexity index is 1090. The third-order valence-corrected chi connectivity index (χ3v) is 13.8. The monoisotopic (exact) mass is 526 g/mol. The summed E-state index contributed by atoms with van der Waals surface area (Å²) < 4.78 is 19.4. The molecule has 6 aliphatic rings. The summed E-state index contributed by atoms with van der Waals surface area (Å²) >= 11 is 0. The van der Waals surface area contributed by atoms with Gasteiger partial charge < -0.3 is 14.2 Å². The van der Waals surface area contributed by atoms with Crippen molar-refractivity contribution >= 4 is 11.9 Å². The maximum absolute atomic E-state index is 12.8. The maximum Gasteiger partial charge on any atom is 0.311 e. The molecule has 0 unspecified atom stereocenters. The lowest BCUT2D eigenvalue weighted by molar-refractivity contribution is -0.269. The first-order valence-corrected chi connectivity index (χ1v) is 15.4. The maximum atomic E-state index is 12.8. The quantitative estimate of drug-likeness (QED) is 0.266. The number of allylic oxidation sites excluding steroid dienone is 1. The number of carbonyl (C=O) groups is 2. The summed E-state index contributed by atoms with van der Waals surface area (Å²) in [7, 11) is 0. The van der Waals surface area contributed by atoms with Gasteiger partial charge in [0.1, 0.15) is 6.10 Å². The van der Waals surface area contributed by atoms with Crippen molar-refractivity contribution in [1.82, 2.24) is 0 Å². The molecule has 38 heavy (non-hydrogen) atoms. The summed E-state index contributed by atoms with van der Waals surface area (Å²) in [5.41, 5.74) is 3.45. The number of ether oxygens (including phenoxy) is 3. The van der Waals surface area contributed by atoms with Crippen LogP contribution in [0.4, 0.5) is 0 Å². The van der Waals surface area contributed by atoms with Gasteiger partial charge in [-0.1, -0.05) is 66.5 Å². The lowest BCUT2D eigenvalue weighted by Crippen LogP contribution is -2.59. The van der Waals surface area contributed by atoms with Crippen molar-refractivity contribution in [3.8, 4) is 0 Å². The predicted octanol–water partition coefficient (Wildman–Crippen LogP) is 7.23. The molecule has 6 rings (SSSR count). The van der Waals surface area contributed by atoms with Gasteiger partial charge in [0, 0.05) is 30.1 Å². The van der Waals surface area contributed by atoms with Crippen LogP contribution in [0.2, 0.25) is 0 Å². The number of hydrogen-bond acceptors (Lipinski definition) is 5. The zero-order chi connectivity index (χ0) is 27.6. The van der Waals surface area contributed by atoms with Crippen molar-refractivity contribution in [2.45, 2.75) is 132 Å². The van der Waals surface area contributed by atoms with E-state index in [9.17, 15) is 9.59 Å². The zero-order valence-electron chi connectivity index (χ0n) is 25.2. The van der Waals surface area contributed by atoms with Gasteiger partial charge in [0.15, 0.2) is 0 Å². The average Bonchev–Trinajstić information content (AvgIpc) is 3.18. The summed E-state index contributed by atoms with van der Waals surface area (Å²) in [5.74, 6) is 0.305. The molecule has 4 aliphatic carbocycles. The van der Waals surface area contributed by atoms with Gasteiger partial charge in [-0.25, -0.2) is 0 Å². The van der Waals surface area contributed by atoms with Crippen molar-refractivity contribution in [3.63, 3.8) is 0 Å². The molecule has 5 nitrogen and oxygen atoms in total. The molecule has 2 heterocycles. The molecule has 0 aromatic rings. The molecular weight excluding hydrogens is 476 g/mol. The van der Waals surface area contributed by atoms with Gasteiger partial charge in [-0.3, -0.25) is 9.59 Å². The molecule has 0 radical (unpaired) electrons. The standard InChI is InChI=1S/C33H50O5/c1-18-17-33(20(3)19(2)28(35)38-33)37-27-16-24-23(31(8)15-12-22(18)32(27,31)9)10-11-25-29(5,6)26(36-21(4)34)13-14-30(24,25)7/h18-20,22,25-27H,10-17H2,1-9H3/t18-,19+,20+,22-,25+,26-,27-,30-,31+,32+,33+/m1/s1. The Morgan fingerprint density at radius 2 is 1.68 bits per heavy atom. The van der Waals surface area contributed by atoms with Crippen molar-refractivity contribution in [2.24, 2.45) is 51.2 Å². The minimum Gasteiger partial charge on any atom is -0.462 e. The fourth-order valence-electron chi connectivity index (χ4n) is 11.3. The van der Waals surface area contributed by atoms with Crippen LogP contribution in [0.3, 0.4) is 0 Å². The summed E-state index contributed by atoms with van der Waals surface area (Å²) in [6, 6.07) is 0. The molecule has 2 aliphatic heterocycles. The number of rotatable bonds is 1. The molecule has 1 spiro atoms. The van der Waals surface area contributed by atoms with Crippen LogP contribution in [0.25, 0.3) is 0 Å². The van der Waals surface area contributed by atoms with Crippen LogP contribution in [-0.4, -0.2) is 29.9 Å². The van der Waals surface area contributed by atoms with Crippen molar-refractivity contribution in [3.05, 3.63) is 11.1 Å². The summed E-state index contributed by atoms with van der Waals surface area (Å²) in [6.07, 6.45) is 8.44. The third kappa shape index (κ3) is 3.15. The van der Waals surface area contributed by atoms with Gasteiger partial charge in [0.2, 0.25) is 5.79 Å². The van der Waals surface area contributed by atoms with Gasteiger partial charge >= 0.3 is 11.9 Å². The Labute approximate surface area is 229 Å². The Morgan fingerprint density at radius 1 is 0.974 bits per heavy atom. The molecule has 5 heteroatoms. The van der Waals surface area contributed by atoms with Crippen molar-refractivity contribution < 1.29 is 23.8 Å². The van der Waals surface area contributed by atoms with E-state index in [1.807, 2.05) is 6.92 Å². The summed E-state index contributed by atoms with van der Waals surface area (Å²) in [5, 5.41) is 0. The topological polar surface area (TPSA) is 61.8 Å². The van der Waals surface area contributed by atoms with Gasteiger partial charge in [-0.05, 0) is 73.5 Å². The van der Waals surface area contributed by atoms with Crippen LogP contribution in [0.5, 0.6) is 0 Å². The van der Waals surface area contributed by atoms with Gasteiger partial charge in [0.05, 0.1) is 12.0 Å². The van der Waals surface area contributed by atoms with E-state index in [4.69, 9.17) is 14.2 Å². The highest BCUT2D eigenvalue weighted by atomic mass is 16.7. The van der Waals surface area contributed by atoms with Crippen molar-refractivity contribution in [2.75, 3.05) is 0 Å². The minimum absolute atomic E-state index is 0.0281. The third-order valence-electron chi connectivity index (χ3n) is 13.8. The first kappa shape index (κ1) is 26.8. The molecule has 2 saturated carbocycles. The fourth-order valence-corrected chi connectivity index (χ4v) is 11.3. The van der Waals surface area contributed by atoms with Gasteiger partial charge in [-0.15, -0.1) is 0 Å². The van der Waals surface area contributed by atoms with Crippen LogP contribution in [-0.2, 0) is 23.8 Å². The lowest BCUT2D eigenvalue weighted by Gasteiger charge is -2.63. The van der Waals surface area contributed by atoms with E-state index in [0.717, 1.165) is 38.5 Å². The molecule has 0 bridgehead atoms. The van der Waals surface area contributed by atoms with E-state index in [0.29, 0.717) is 17.8 Å². The number of fused-ring (bicyclic) bond motifs is 3. The predicted molar refractivity (Wildman–Crippen MR) is 146 cm³/mol. The van der Waals surface area contributed by atoms with E-state index in [1.54, 1.807) is 18.1 Å². The fraction of sp³-hybridized carbons (Fsp3) is 0.879. The molecule has 4 fully saturated rings. The largest absolute Gasteiger partial charge is 0.462 e. The minimum atomic E-state index is -0.811. The Morgan fingerprint density at radius 3 is 2.32 bits per heavy atom. The van der Waals surface area contributed by atoms with Crippen LogP contribution >= 0.6 is 0 Å². The van der Waals surface area contributed by atoms with Gasteiger partial charge in [-0.2, -0.15) is 0 Å². The lowest BCUT2D eigenvalue weighted by atomic mass is 9.42. The first-order chi connectivity index (χ1) is 17.6. The summed E-state index contributed by atoms with van der Waals surface area (Å²) in [6.45, 7) is 20.3. The molecule has 0 aromatic carbocycles. The smallest absolute Gasteiger partial charge is 0.311 e. The second-order valence-electron chi connectivity index (χ2n) is 15.5. The normalized spacial score (nSPS) is 53.1. The Balaban J connectivity index is 1.45. The SMILES string of the molecule is CC(=O)O[C@@H]1CC[C@]2(C)C3=C(CC[C@H]2C1(C)C)[C@]1(C)CC[C@@H]2[C@H](C)C[C@@]4(OC(=O)[C@@H](C)[C@@H]4C)O[C@H](C3)[C@]21C. The van der Waals surface area contributed by atoms with Gasteiger partial charge in [0.25, 0.3) is 0 Å². The molecule has 11 atom stereocenters. The van der Waals surface area contributed by atoms with E-state index < -0.39 is 5.79 Å². The van der Waals surface area contributed by atoms with E-state index in [1.165, 1.54) is 12.8 Å². The van der Waals surface area contributed by atoms with Crippen LogP contribution < -0.4 is 0 Å². The van der Waals surface area contributed by atoms with E-state index >= 15 is 0 Å². The first-order valence-electron chi connectivity index (χ1n) is 15.4. The molecule has 0 N–H and O–H groups in total. The van der Waals surface area contributed by atoms with E-state index in [-0.39, 0.29) is 57.6 Å². The Hall–Kier alpha value is -1.36. The highest BCUT2D eigenvalue weighted by molar-refractivity contribution is 5.75. The Kier molecular flexibility index (Phi) is 5.72. The second kappa shape index (κ2) is 8.10. The number of esters is 2. The molecule has 212 valence electrons. The zero-order valence-corrected chi connectivity index (χ0v) is 25.2. The van der Waals surface area contributed by atoms with Crippen LogP contribution in [0.15, 0.2) is 11.1 Å². The molecule has 0 aromatic heterocycles. The van der Waals surface area contributed by atoms with Crippen LogP contribution in [0, 0.1) is 51.2 Å². The number of carbonyl (C=O) groups excluding carboxylic acids is 2. The second-order valence-corrected chi connectivity index (χ2v) is 15.5. The average molecular weight is 527 g/mol. The van der Waals surface area contributed by atoms with Crippen molar-refractivity contribution in [1.29, 1.82) is 0 Å². The van der Waals surface area contributed by atoms with E-state index in [2.05, 4.69) is 48.5 Å². The highest BCUT2D eigenvalue weighted by Crippen LogP contribution is 2.74. The van der Waals surface area contributed by atoms with Crippen LogP contribution in [0.1, 0.15) is 114 Å². The molecular formula is C33H50O5. The molecule has 2 saturated heterocycles. The number of hydrogen-bond donors (Lipinski definition) is 0. The molecule has 0 amide bonds.